The van der Waals surface area contributed by atoms with Crippen molar-refractivity contribution >= 4 is 23.0 Å². The van der Waals surface area contributed by atoms with Crippen LogP contribution in [0.3, 0.4) is 0 Å². The summed E-state index contributed by atoms with van der Waals surface area (Å²) < 4.78 is 0. The highest BCUT2D eigenvalue weighted by molar-refractivity contribution is 7.15. The van der Waals surface area contributed by atoms with Gasteiger partial charge in [-0.2, -0.15) is 0 Å². The maximum atomic E-state index is 9.41. The van der Waals surface area contributed by atoms with Gasteiger partial charge in [0.2, 0.25) is 5.95 Å². The largest absolute Gasteiger partial charge is 0.389 e. The normalized spacial score (nSPS) is 19.5. The zero-order chi connectivity index (χ0) is 19.5. The molecule has 0 aliphatic carbocycles. The van der Waals surface area contributed by atoms with Gasteiger partial charge < -0.3 is 15.3 Å². The summed E-state index contributed by atoms with van der Waals surface area (Å²) in [7, 11) is 0. The molecule has 4 rings (SSSR count). The van der Waals surface area contributed by atoms with Gasteiger partial charge in [0, 0.05) is 17.9 Å². The van der Waals surface area contributed by atoms with Crippen LogP contribution in [0.5, 0.6) is 0 Å². The molecule has 1 aliphatic rings. The topological polar surface area (TPSA) is 74.2 Å². The third-order valence-corrected chi connectivity index (χ3v) is 6.34. The molecule has 2 atom stereocenters. The molecular weight excluding hydrogens is 370 g/mol. The number of aryl methyl sites for hydroxylation is 1. The lowest BCUT2D eigenvalue weighted by molar-refractivity contribution is 0.281. The lowest BCUT2D eigenvalue weighted by Crippen LogP contribution is -2.47. The summed E-state index contributed by atoms with van der Waals surface area (Å²) in [5, 5.41) is 13.6. The van der Waals surface area contributed by atoms with Gasteiger partial charge in [0.05, 0.1) is 22.9 Å². The van der Waals surface area contributed by atoms with Crippen molar-refractivity contribution in [3.63, 3.8) is 0 Å². The molecule has 1 aliphatic heterocycles. The first-order valence-electron chi connectivity index (χ1n) is 9.63. The minimum Gasteiger partial charge on any atom is -0.389 e. The van der Waals surface area contributed by atoms with E-state index in [0.29, 0.717) is 22.9 Å². The Bertz CT molecular complexity index is 930. The van der Waals surface area contributed by atoms with Gasteiger partial charge >= 0.3 is 0 Å². The number of para-hydroxylation sites is 1. The van der Waals surface area contributed by atoms with Gasteiger partial charge in [-0.05, 0) is 50.6 Å². The summed E-state index contributed by atoms with van der Waals surface area (Å²) in [6, 6.07) is 12.6. The van der Waals surface area contributed by atoms with Crippen molar-refractivity contribution in [3.05, 3.63) is 53.3 Å². The number of rotatable bonds is 5. The first kappa shape index (κ1) is 19.0. The number of nitrogens with one attached hydrogen (secondary N) is 1. The van der Waals surface area contributed by atoms with Crippen LogP contribution < -0.4 is 10.2 Å². The highest BCUT2D eigenvalue weighted by atomic mass is 32.1. The summed E-state index contributed by atoms with van der Waals surface area (Å²) >= 11 is 1.49. The molecular formula is C21H25N5OS. The number of hydrogen-bond acceptors (Lipinski definition) is 7. The fourth-order valence-electron chi connectivity index (χ4n) is 3.78. The lowest BCUT2D eigenvalue weighted by Gasteiger charge is -2.39. The van der Waals surface area contributed by atoms with Gasteiger partial charge in [-0.15, -0.1) is 11.3 Å². The molecule has 146 valence electrons. The minimum atomic E-state index is -0.0494. The maximum absolute atomic E-state index is 9.41. The third kappa shape index (κ3) is 3.78. The SMILES string of the molecule is Cc1nc(CO)sc1-c1ccnc(N(c2ccccc2)C2CCNCC2C)n1. The van der Waals surface area contributed by atoms with E-state index < -0.39 is 0 Å². The second-order valence-electron chi connectivity index (χ2n) is 7.17. The average molecular weight is 396 g/mol. The van der Waals surface area contributed by atoms with Gasteiger partial charge in [-0.3, -0.25) is 0 Å². The van der Waals surface area contributed by atoms with Crippen LogP contribution in [-0.4, -0.2) is 39.2 Å². The van der Waals surface area contributed by atoms with Crippen LogP contribution in [0.1, 0.15) is 24.0 Å². The molecule has 2 aromatic heterocycles. The van der Waals surface area contributed by atoms with Gasteiger partial charge in [-0.25, -0.2) is 15.0 Å². The van der Waals surface area contributed by atoms with Crippen molar-refractivity contribution in [2.45, 2.75) is 32.9 Å². The zero-order valence-corrected chi connectivity index (χ0v) is 17.0. The van der Waals surface area contributed by atoms with Gasteiger partial charge in [-0.1, -0.05) is 25.1 Å². The summed E-state index contributed by atoms with van der Waals surface area (Å²) in [4.78, 5) is 17.2. The molecule has 1 aromatic carbocycles. The Morgan fingerprint density at radius 3 is 2.75 bits per heavy atom. The van der Waals surface area contributed by atoms with E-state index in [-0.39, 0.29) is 6.61 Å². The molecule has 3 aromatic rings. The Morgan fingerprint density at radius 2 is 2.04 bits per heavy atom. The van der Waals surface area contributed by atoms with E-state index >= 15 is 0 Å². The number of anilines is 2. The zero-order valence-electron chi connectivity index (χ0n) is 16.2. The highest BCUT2D eigenvalue weighted by Crippen LogP contribution is 2.33. The van der Waals surface area contributed by atoms with Crippen LogP contribution in [0.4, 0.5) is 11.6 Å². The fourth-order valence-corrected chi connectivity index (χ4v) is 4.67. The lowest BCUT2D eigenvalue weighted by atomic mass is 9.93. The van der Waals surface area contributed by atoms with Crippen molar-refractivity contribution < 1.29 is 5.11 Å². The van der Waals surface area contributed by atoms with Crippen LogP contribution in [0.2, 0.25) is 0 Å². The smallest absolute Gasteiger partial charge is 0.230 e. The van der Waals surface area contributed by atoms with Crippen molar-refractivity contribution in [3.8, 4) is 10.6 Å². The second-order valence-corrected chi connectivity index (χ2v) is 8.25. The number of thiazole rings is 1. The predicted molar refractivity (Wildman–Crippen MR) is 113 cm³/mol. The quantitative estimate of drug-likeness (QED) is 0.688. The molecule has 3 heterocycles. The van der Waals surface area contributed by atoms with E-state index in [1.807, 2.05) is 25.3 Å². The Balaban J connectivity index is 1.77. The summed E-state index contributed by atoms with van der Waals surface area (Å²) in [5.74, 6) is 1.19. The van der Waals surface area contributed by atoms with Crippen LogP contribution in [-0.2, 0) is 6.61 Å². The highest BCUT2D eigenvalue weighted by Gasteiger charge is 2.30. The Kier molecular flexibility index (Phi) is 5.66. The third-order valence-electron chi connectivity index (χ3n) is 5.17. The van der Waals surface area contributed by atoms with Crippen molar-refractivity contribution in [2.75, 3.05) is 18.0 Å². The van der Waals surface area contributed by atoms with Crippen molar-refractivity contribution in [1.82, 2.24) is 20.3 Å². The number of nitrogens with zero attached hydrogens (tertiary/aromatic N) is 4. The van der Waals surface area contributed by atoms with Gasteiger partial charge in [0.1, 0.15) is 5.01 Å². The average Bonchev–Trinajstić information content (AvgIpc) is 3.12. The first-order chi connectivity index (χ1) is 13.7. The number of piperidine rings is 1. The molecule has 0 bridgehead atoms. The Labute approximate surface area is 169 Å². The monoisotopic (exact) mass is 395 g/mol. The molecule has 0 radical (unpaired) electrons. The van der Waals surface area contributed by atoms with E-state index in [2.05, 4.69) is 51.4 Å². The molecule has 0 amide bonds. The molecule has 0 spiro atoms. The van der Waals surface area contributed by atoms with Gasteiger partial charge in [0.25, 0.3) is 0 Å². The molecule has 7 heteroatoms. The molecule has 28 heavy (non-hydrogen) atoms. The molecule has 2 unspecified atom stereocenters. The molecule has 1 saturated heterocycles. The maximum Gasteiger partial charge on any atom is 0.230 e. The van der Waals surface area contributed by atoms with Crippen LogP contribution in [0.15, 0.2) is 42.6 Å². The standard InChI is InChI=1S/C21H25N5OS/c1-14-12-22-10-9-18(14)26(16-6-4-3-5-7-16)21-23-11-8-17(25-21)20-15(2)24-19(13-27)28-20/h3-8,11,14,18,22,27H,9-10,12-13H2,1-2H3. The van der Waals surface area contributed by atoms with Crippen LogP contribution >= 0.6 is 11.3 Å². The van der Waals surface area contributed by atoms with E-state index in [4.69, 9.17) is 4.98 Å². The summed E-state index contributed by atoms with van der Waals surface area (Å²) in [6.45, 7) is 6.16. The number of aromatic nitrogens is 3. The second kappa shape index (κ2) is 8.34. The molecule has 2 N–H and O–H groups in total. The van der Waals surface area contributed by atoms with Crippen molar-refractivity contribution in [1.29, 1.82) is 0 Å². The summed E-state index contributed by atoms with van der Waals surface area (Å²) in [5.41, 5.74) is 2.85. The molecule has 0 saturated carbocycles. The fraction of sp³-hybridized carbons (Fsp3) is 0.381. The number of hydrogen-bond donors (Lipinski definition) is 2. The number of aliphatic hydroxyl groups is 1. The van der Waals surface area contributed by atoms with Crippen LogP contribution in [0, 0.1) is 12.8 Å². The van der Waals surface area contributed by atoms with E-state index in [0.717, 1.165) is 41.5 Å². The van der Waals surface area contributed by atoms with E-state index in [1.54, 1.807) is 0 Å². The van der Waals surface area contributed by atoms with Crippen LogP contribution in [0.25, 0.3) is 10.6 Å². The Morgan fingerprint density at radius 1 is 1.21 bits per heavy atom. The predicted octanol–water partition coefficient (Wildman–Crippen LogP) is 3.54. The summed E-state index contributed by atoms with van der Waals surface area (Å²) in [6.07, 6.45) is 2.86. The Hall–Kier alpha value is -2.35. The number of benzene rings is 1. The molecule has 1 fully saturated rings. The molecule has 6 nitrogen and oxygen atoms in total. The van der Waals surface area contributed by atoms with E-state index in [9.17, 15) is 5.11 Å². The minimum absolute atomic E-state index is 0.0494. The van der Waals surface area contributed by atoms with Crippen molar-refractivity contribution in [2.24, 2.45) is 5.92 Å². The van der Waals surface area contributed by atoms with Gasteiger partial charge in [0.15, 0.2) is 0 Å². The van der Waals surface area contributed by atoms with E-state index in [1.165, 1.54) is 11.3 Å². The number of aliphatic hydroxyl groups excluding tert-OH is 1. The first-order valence-corrected chi connectivity index (χ1v) is 10.4.